The second-order valence-corrected chi connectivity index (χ2v) is 4.90. The summed E-state index contributed by atoms with van der Waals surface area (Å²) in [7, 11) is 1.44. The van der Waals surface area contributed by atoms with Crippen molar-refractivity contribution in [3.63, 3.8) is 0 Å². The first-order valence-electron chi connectivity index (χ1n) is 6.87. The Bertz CT molecular complexity index is 400. The average molecular weight is 299 g/mol. The minimum absolute atomic E-state index is 0. The number of ether oxygens (including phenoxy) is 1. The van der Waals surface area contributed by atoms with Crippen molar-refractivity contribution in [2.24, 2.45) is 0 Å². The molecule has 0 amide bonds. The third kappa shape index (κ3) is 5.12. The van der Waals surface area contributed by atoms with E-state index in [1.165, 1.54) is 12.7 Å². The van der Waals surface area contributed by atoms with Crippen LogP contribution in [0.2, 0.25) is 0 Å². The van der Waals surface area contributed by atoms with E-state index in [4.69, 9.17) is 0 Å². The standard InChI is InChI=1S/C15H22N2O2.ClH/c1-19-15(18)8-5-10-17-11-9-16-14(12-17)13-6-3-2-4-7-13;/h2-4,6-7,14,16H,5,8-12H2,1H3;1H. The van der Waals surface area contributed by atoms with Crippen LogP contribution < -0.4 is 5.32 Å². The van der Waals surface area contributed by atoms with Gasteiger partial charge >= 0.3 is 5.97 Å². The minimum atomic E-state index is -0.116. The topological polar surface area (TPSA) is 41.6 Å². The van der Waals surface area contributed by atoms with Gasteiger partial charge < -0.3 is 15.0 Å². The Kier molecular flexibility index (Phi) is 7.59. The lowest BCUT2D eigenvalue weighted by atomic mass is 10.0. The molecule has 1 aliphatic heterocycles. The maximum atomic E-state index is 11.1. The molecule has 4 nitrogen and oxygen atoms in total. The molecule has 1 N–H and O–H groups in total. The zero-order chi connectivity index (χ0) is 13.5. The summed E-state index contributed by atoms with van der Waals surface area (Å²) in [6.45, 7) is 4.01. The van der Waals surface area contributed by atoms with Crippen LogP contribution in [0.5, 0.6) is 0 Å². The molecule has 1 aliphatic rings. The Labute approximate surface area is 126 Å². The molecule has 0 bridgehead atoms. The number of methoxy groups -OCH3 is 1. The molecule has 0 aliphatic carbocycles. The molecule has 5 heteroatoms. The largest absolute Gasteiger partial charge is 0.469 e. The summed E-state index contributed by atoms with van der Waals surface area (Å²) in [6, 6.07) is 10.9. The fourth-order valence-electron chi connectivity index (χ4n) is 2.47. The predicted octanol–water partition coefficient (Wildman–Crippen LogP) is 2.01. The van der Waals surface area contributed by atoms with E-state index in [-0.39, 0.29) is 18.4 Å². The minimum Gasteiger partial charge on any atom is -0.469 e. The Morgan fingerprint density at radius 1 is 1.40 bits per heavy atom. The van der Waals surface area contributed by atoms with Gasteiger partial charge in [0.15, 0.2) is 0 Å². The summed E-state index contributed by atoms with van der Waals surface area (Å²) in [4.78, 5) is 13.5. The fraction of sp³-hybridized carbons (Fsp3) is 0.533. The van der Waals surface area contributed by atoms with Gasteiger partial charge in [0.25, 0.3) is 0 Å². The second-order valence-electron chi connectivity index (χ2n) is 4.90. The second kappa shape index (κ2) is 8.95. The van der Waals surface area contributed by atoms with Gasteiger partial charge in [0.1, 0.15) is 0 Å². The number of carbonyl (C=O) groups is 1. The van der Waals surface area contributed by atoms with Gasteiger partial charge in [-0.05, 0) is 18.5 Å². The van der Waals surface area contributed by atoms with E-state index < -0.39 is 0 Å². The molecule has 2 rings (SSSR count). The normalized spacial score (nSPS) is 19.1. The third-order valence-electron chi connectivity index (χ3n) is 3.54. The van der Waals surface area contributed by atoms with E-state index in [9.17, 15) is 4.79 Å². The van der Waals surface area contributed by atoms with Crippen LogP contribution in [0.15, 0.2) is 30.3 Å². The molecular weight excluding hydrogens is 276 g/mol. The molecule has 0 saturated carbocycles. The van der Waals surface area contributed by atoms with E-state index in [1.54, 1.807) is 0 Å². The highest BCUT2D eigenvalue weighted by Gasteiger charge is 2.20. The molecule has 112 valence electrons. The highest BCUT2D eigenvalue weighted by molar-refractivity contribution is 5.85. The lowest BCUT2D eigenvalue weighted by Gasteiger charge is -2.33. The van der Waals surface area contributed by atoms with Gasteiger partial charge in [0, 0.05) is 32.1 Å². The molecule has 1 aromatic rings. The van der Waals surface area contributed by atoms with E-state index in [0.717, 1.165) is 32.6 Å². The lowest BCUT2D eigenvalue weighted by molar-refractivity contribution is -0.140. The van der Waals surface area contributed by atoms with E-state index in [1.807, 2.05) is 6.07 Å². The summed E-state index contributed by atoms with van der Waals surface area (Å²) < 4.78 is 4.66. The number of rotatable bonds is 5. The molecule has 1 fully saturated rings. The Morgan fingerprint density at radius 2 is 2.15 bits per heavy atom. The number of nitrogens with one attached hydrogen (secondary N) is 1. The zero-order valence-corrected chi connectivity index (χ0v) is 12.7. The van der Waals surface area contributed by atoms with Crippen LogP contribution in [0.25, 0.3) is 0 Å². The average Bonchev–Trinajstić information content (AvgIpc) is 2.48. The first kappa shape index (κ1) is 17.0. The SMILES string of the molecule is COC(=O)CCCN1CCNC(c2ccccc2)C1.Cl. The molecule has 0 spiro atoms. The van der Waals surface area contributed by atoms with Crippen molar-refractivity contribution < 1.29 is 9.53 Å². The summed E-state index contributed by atoms with van der Waals surface area (Å²) in [6.07, 6.45) is 1.38. The number of piperazine rings is 1. The quantitative estimate of drug-likeness (QED) is 0.845. The van der Waals surface area contributed by atoms with Gasteiger partial charge in [-0.1, -0.05) is 30.3 Å². The van der Waals surface area contributed by atoms with Crippen molar-refractivity contribution in [2.75, 3.05) is 33.3 Å². The Hall–Kier alpha value is -1.10. The van der Waals surface area contributed by atoms with Crippen molar-refractivity contribution in [2.45, 2.75) is 18.9 Å². The van der Waals surface area contributed by atoms with Crippen molar-refractivity contribution in [1.82, 2.24) is 10.2 Å². The van der Waals surface area contributed by atoms with Crippen LogP contribution in [0.1, 0.15) is 24.4 Å². The molecule has 1 heterocycles. The van der Waals surface area contributed by atoms with Gasteiger partial charge in [0.2, 0.25) is 0 Å². The number of esters is 1. The monoisotopic (exact) mass is 298 g/mol. The first-order valence-corrected chi connectivity index (χ1v) is 6.87. The molecule has 1 atom stereocenters. The summed E-state index contributed by atoms with van der Waals surface area (Å²) in [5.74, 6) is -0.116. The summed E-state index contributed by atoms with van der Waals surface area (Å²) >= 11 is 0. The van der Waals surface area contributed by atoms with Crippen LogP contribution in [0.4, 0.5) is 0 Å². The Morgan fingerprint density at radius 3 is 2.85 bits per heavy atom. The highest BCUT2D eigenvalue weighted by atomic mass is 35.5. The number of halogens is 1. The van der Waals surface area contributed by atoms with E-state index in [2.05, 4.69) is 39.2 Å². The number of carbonyl (C=O) groups excluding carboxylic acids is 1. The summed E-state index contributed by atoms with van der Waals surface area (Å²) in [5, 5.41) is 3.54. The van der Waals surface area contributed by atoms with Crippen molar-refractivity contribution in [3.8, 4) is 0 Å². The lowest BCUT2D eigenvalue weighted by Crippen LogP contribution is -2.46. The van der Waals surface area contributed by atoms with Crippen molar-refractivity contribution in [3.05, 3.63) is 35.9 Å². The first-order chi connectivity index (χ1) is 9.29. The van der Waals surface area contributed by atoms with E-state index in [0.29, 0.717) is 12.5 Å². The zero-order valence-electron chi connectivity index (χ0n) is 11.9. The van der Waals surface area contributed by atoms with Gasteiger partial charge in [0.05, 0.1) is 7.11 Å². The van der Waals surface area contributed by atoms with Crippen LogP contribution in [-0.2, 0) is 9.53 Å². The molecule has 0 radical (unpaired) electrons. The van der Waals surface area contributed by atoms with Crippen LogP contribution in [-0.4, -0.2) is 44.2 Å². The molecule has 0 aromatic heterocycles. The van der Waals surface area contributed by atoms with Crippen molar-refractivity contribution in [1.29, 1.82) is 0 Å². The molecule has 1 saturated heterocycles. The van der Waals surface area contributed by atoms with Crippen LogP contribution >= 0.6 is 12.4 Å². The van der Waals surface area contributed by atoms with Crippen LogP contribution in [0, 0.1) is 0 Å². The Balaban J connectivity index is 0.00000200. The summed E-state index contributed by atoms with van der Waals surface area (Å²) in [5.41, 5.74) is 1.33. The van der Waals surface area contributed by atoms with Crippen LogP contribution in [0.3, 0.4) is 0 Å². The van der Waals surface area contributed by atoms with Gasteiger partial charge in [-0.2, -0.15) is 0 Å². The number of hydrogen-bond donors (Lipinski definition) is 1. The molecular formula is C15H23ClN2O2. The smallest absolute Gasteiger partial charge is 0.305 e. The third-order valence-corrected chi connectivity index (χ3v) is 3.54. The number of nitrogens with zero attached hydrogens (tertiary/aromatic N) is 1. The predicted molar refractivity (Wildman–Crippen MR) is 82.1 cm³/mol. The number of hydrogen-bond acceptors (Lipinski definition) is 4. The number of benzene rings is 1. The molecule has 1 aromatic carbocycles. The maximum absolute atomic E-state index is 11.1. The molecule has 1 unspecified atom stereocenters. The van der Waals surface area contributed by atoms with Gasteiger partial charge in [-0.25, -0.2) is 0 Å². The van der Waals surface area contributed by atoms with Gasteiger partial charge in [-0.15, -0.1) is 12.4 Å². The van der Waals surface area contributed by atoms with E-state index >= 15 is 0 Å². The van der Waals surface area contributed by atoms with Crippen molar-refractivity contribution >= 4 is 18.4 Å². The highest BCUT2D eigenvalue weighted by Crippen LogP contribution is 2.17. The molecule has 20 heavy (non-hydrogen) atoms. The van der Waals surface area contributed by atoms with Gasteiger partial charge in [-0.3, -0.25) is 4.79 Å². The maximum Gasteiger partial charge on any atom is 0.305 e. The fourth-order valence-corrected chi connectivity index (χ4v) is 2.47.